The molecule has 1 amide bonds. The predicted octanol–water partition coefficient (Wildman–Crippen LogP) is 2.72. The second-order valence-electron chi connectivity index (χ2n) is 7.07. The van der Waals surface area contributed by atoms with E-state index in [9.17, 15) is 4.79 Å². The van der Waals surface area contributed by atoms with Crippen LogP contribution >= 0.6 is 0 Å². The van der Waals surface area contributed by atoms with Crippen LogP contribution in [0.2, 0.25) is 0 Å². The third kappa shape index (κ3) is 3.59. The second kappa shape index (κ2) is 7.43. The fourth-order valence-corrected chi connectivity index (χ4v) is 3.59. The lowest BCUT2D eigenvalue weighted by atomic mass is 10.1. The highest BCUT2D eigenvalue weighted by atomic mass is 16.7. The number of rotatable bonds is 4. The first-order chi connectivity index (χ1) is 14.3. The average Bonchev–Trinajstić information content (AvgIpc) is 3.24. The van der Waals surface area contributed by atoms with Crippen molar-refractivity contribution < 1.29 is 14.3 Å². The SMILES string of the molecule is O=C1CN(c2ccc(-c3ccccc3)nn2)CCN1Cc1ccc2c(c1)OCO2. The summed E-state index contributed by atoms with van der Waals surface area (Å²) < 4.78 is 10.8. The van der Waals surface area contributed by atoms with E-state index in [4.69, 9.17) is 9.47 Å². The minimum absolute atomic E-state index is 0.0721. The molecule has 0 spiro atoms. The smallest absolute Gasteiger partial charge is 0.242 e. The highest BCUT2D eigenvalue weighted by molar-refractivity contribution is 5.82. The van der Waals surface area contributed by atoms with Crippen molar-refractivity contribution >= 4 is 11.7 Å². The zero-order valence-corrected chi connectivity index (χ0v) is 15.8. The van der Waals surface area contributed by atoms with E-state index in [0.29, 0.717) is 19.6 Å². The molecule has 7 nitrogen and oxygen atoms in total. The minimum atomic E-state index is 0.0721. The van der Waals surface area contributed by atoms with Crippen molar-refractivity contribution in [2.45, 2.75) is 6.54 Å². The molecule has 1 aromatic heterocycles. The molecule has 0 atom stereocenters. The van der Waals surface area contributed by atoms with Crippen LogP contribution in [0.15, 0.2) is 60.7 Å². The standard InChI is InChI=1S/C22H20N4O3/c27-22-14-25(21-9-7-18(23-24-21)17-4-2-1-3-5-17)10-11-26(22)13-16-6-8-19-20(12-16)29-15-28-19/h1-9,12H,10-11,13-15H2. The van der Waals surface area contributed by atoms with E-state index in [1.807, 2.05) is 70.5 Å². The molecule has 0 unspecified atom stereocenters. The van der Waals surface area contributed by atoms with Gasteiger partial charge in [-0.05, 0) is 29.8 Å². The Kier molecular flexibility index (Phi) is 4.48. The molecular formula is C22H20N4O3. The van der Waals surface area contributed by atoms with Crippen LogP contribution in [0.25, 0.3) is 11.3 Å². The number of aromatic nitrogens is 2. The van der Waals surface area contributed by atoms with Crippen molar-refractivity contribution in [2.24, 2.45) is 0 Å². The Bertz CT molecular complexity index is 1020. The molecule has 2 aliphatic heterocycles. The Morgan fingerprint density at radius 3 is 2.55 bits per heavy atom. The molecule has 7 heteroatoms. The first-order valence-electron chi connectivity index (χ1n) is 9.57. The zero-order chi connectivity index (χ0) is 19.6. The molecule has 1 fully saturated rings. The minimum Gasteiger partial charge on any atom is -0.454 e. The van der Waals surface area contributed by atoms with Gasteiger partial charge in [-0.2, -0.15) is 0 Å². The van der Waals surface area contributed by atoms with Crippen LogP contribution in [0.5, 0.6) is 11.5 Å². The van der Waals surface area contributed by atoms with E-state index in [0.717, 1.165) is 40.7 Å². The largest absolute Gasteiger partial charge is 0.454 e. The molecule has 0 aliphatic carbocycles. The van der Waals surface area contributed by atoms with Gasteiger partial charge < -0.3 is 19.3 Å². The summed E-state index contributed by atoms with van der Waals surface area (Å²) >= 11 is 0. The summed E-state index contributed by atoms with van der Waals surface area (Å²) in [4.78, 5) is 16.5. The maximum absolute atomic E-state index is 12.7. The molecule has 29 heavy (non-hydrogen) atoms. The quantitative estimate of drug-likeness (QED) is 0.685. The van der Waals surface area contributed by atoms with Gasteiger partial charge in [0.15, 0.2) is 17.3 Å². The van der Waals surface area contributed by atoms with Gasteiger partial charge in [-0.3, -0.25) is 4.79 Å². The summed E-state index contributed by atoms with van der Waals surface area (Å²) in [5.74, 6) is 2.29. The van der Waals surface area contributed by atoms with E-state index >= 15 is 0 Å². The number of nitrogens with zero attached hydrogens (tertiary/aromatic N) is 4. The Balaban J connectivity index is 1.23. The molecule has 0 N–H and O–H groups in total. The molecular weight excluding hydrogens is 368 g/mol. The number of fused-ring (bicyclic) bond motifs is 1. The molecule has 3 heterocycles. The second-order valence-corrected chi connectivity index (χ2v) is 7.07. The topological polar surface area (TPSA) is 67.8 Å². The van der Waals surface area contributed by atoms with Crippen LogP contribution in [-0.2, 0) is 11.3 Å². The van der Waals surface area contributed by atoms with Crippen molar-refractivity contribution in [3.05, 3.63) is 66.2 Å². The fraction of sp³-hybridized carbons (Fsp3) is 0.227. The van der Waals surface area contributed by atoms with E-state index in [1.165, 1.54) is 0 Å². The summed E-state index contributed by atoms with van der Waals surface area (Å²) in [6.07, 6.45) is 0. The Labute approximate surface area is 168 Å². The summed E-state index contributed by atoms with van der Waals surface area (Å²) in [7, 11) is 0. The molecule has 0 bridgehead atoms. The molecule has 2 aromatic carbocycles. The van der Waals surface area contributed by atoms with Gasteiger partial charge in [0.2, 0.25) is 12.7 Å². The van der Waals surface area contributed by atoms with Crippen molar-refractivity contribution in [3.63, 3.8) is 0 Å². The van der Waals surface area contributed by atoms with Gasteiger partial charge in [-0.25, -0.2) is 0 Å². The van der Waals surface area contributed by atoms with Crippen LogP contribution in [0.1, 0.15) is 5.56 Å². The third-order valence-electron chi connectivity index (χ3n) is 5.17. The van der Waals surface area contributed by atoms with Crippen molar-refractivity contribution in [2.75, 3.05) is 31.3 Å². The molecule has 0 radical (unpaired) electrons. The van der Waals surface area contributed by atoms with Crippen LogP contribution in [-0.4, -0.2) is 47.4 Å². The van der Waals surface area contributed by atoms with E-state index in [1.54, 1.807) is 0 Å². The first kappa shape index (κ1) is 17.5. The highest BCUT2D eigenvalue weighted by Crippen LogP contribution is 2.33. The summed E-state index contributed by atoms with van der Waals surface area (Å²) in [6, 6.07) is 19.6. The molecule has 146 valence electrons. The monoisotopic (exact) mass is 388 g/mol. The number of ether oxygens (including phenoxy) is 2. The number of hydrogen-bond acceptors (Lipinski definition) is 6. The van der Waals surface area contributed by atoms with Gasteiger partial charge in [-0.15, -0.1) is 10.2 Å². The number of piperazine rings is 1. The van der Waals surface area contributed by atoms with Gasteiger partial charge in [0, 0.05) is 25.2 Å². The number of benzene rings is 2. The molecule has 5 rings (SSSR count). The lowest BCUT2D eigenvalue weighted by Crippen LogP contribution is -2.50. The number of hydrogen-bond donors (Lipinski definition) is 0. The van der Waals surface area contributed by atoms with Crippen molar-refractivity contribution in [1.29, 1.82) is 0 Å². The fourth-order valence-electron chi connectivity index (χ4n) is 3.59. The normalized spacial score (nSPS) is 15.7. The van der Waals surface area contributed by atoms with Crippen LogP contribution in [0.4, 0.5) is 5.82 Å². The summed E-state index contributed by atoms with van der Waals surface area (Å²) in [5.41, 5.74) is 2.88. The van der Waals surface area contributed by atoms with Gasteiger partial charge in [-0.1, -0.05) is 36.4 Å². The lowest BCUT2D eigenvalue weighted by molar-refractivity contribution is -0.131. The van der Waals surface area contributed by atoms with Gasteiger partial charge in [0.25, 0.3) is 0 Å². The van der Waals surface area contributed by atoms with Crippen LogP contribution in [0.3, 0.4) is 0 Å². The lowest BCUT2D eigenvalue weighted by Gasteiger charge is -2.34. The van der Waals surface area contributed by atoms with Crippen LogP contribution in [0, 0.1) is 0 Å². The molecule has 0 saturated carbocycles. The first-order valence-corrected chi connectivity index (χ1v) is 9.57. The number of carbonyl (C=O) groups is 1. The van der Waals surface area contributed by atoms with Gasteiger partial charge in [0.1, 0.15) is 0 Å². The molecule has 3 aromatic rings. The average molecular weight is 388 g/mol. The summed E-state index contributed by atoms with van der Waals surface area (Å²) in [5, 5.41) is 8.66. The Morgan fingerprint density at radius 2 is 1.76 bits per heavy atom. The maximum Gasteiger partial charge on any atom is 0.242 e. The van der Waals surface area contributed by atoms with Crippen molar-refractivity contribution in [1.82, 2.24) is 15.1 Å². The molecule has 2 aliphatic rings. The van der Waals surface area contributed by atoms with Crippen molar-refractivity contribution in [3.8, 4) is 22.8 Å². The Hall–Kier alpha value is -3.61. The van der Waals surface area contributed by atoms with E-state index in [2.05, 4.69) is 10.2 Å². The number of amides is 1. The van der Waals surface area contributed by atoms with E-state index < -0.39 is 0 Å². The van der Waals surface area contributed by atoms with Crippen LogP contribution < -0.4 is 14.4 Å². The zero-order valence-electron chi connectivity index (χ0n) is 15.8. The maximum atomic E-state index is 12.7. The van der Waals surface area contributed by atoms with Gasteiger partial charge >= 0.3 is 0 Å². The molecule has 1 saturated heterocycles. The Morgan fingerprint density at radius 1 is 0.897 bits per heavy atom. The van der Waals surface area contributed by atoms with Gasteiger partial charge in [0.05, 0.1) is 12.2 Å². The third-order valence-corrected chi connectivity index (χ3v) is 5.17. The predicted molar refractivity (Wildman–Crippen MR) is 108 cm³/mol. The number of carbonyl (C=O) groups excluding carboxylic acids is 1. The summed E-state index contributed by atoms with van der Waals surface area (Å²) in [6.45, 7) is 2.46. The number of anilines is 1. The van der Waals surface area contributed by atoms with E-state index in [-0.39, 0.29) is 12.7 Å². The highest BCUT2D eigenvalue weighted by Gasteiger charge is 2.25.